The average molecular weight is 342 g/mol. The highest BCUT2D eigenvalue weighted by atomic mass is 16.5. The summed E-state index contributed by atoms with van der Waals surface area (Å²) in [6.07, 6.45) is 18.6. The first kappa shape index (κ1) is 23.1. The van der Waals surface area contributed by atoms with Gasteiger partial charge in [0, 0.05) is 0 Å². The van der Waals surface area contributed by atoms with E-state index in [9.17, 15) is 15.0 Å². The summed E-state index contributed by atoms with van der Waals surface area (Å²) in [5.74, 6) is -3.60. The van der Waals surface area contributed by atoms with Crippen LogP contribution in [0.4, 0.5) is 0 Å². The van der Waals surface area contributed by atoms with Gasteiger partial charge in [0.05, 0.1) is 0 Å². The van der Waals surface area contributed by atoms with Gasteiger partial charge in [0.25, 0.3) is 11.7 Å². The molecule has 0 bridgehead atoms. The molecule has 0 aliphatic rings. The van der Waals surface area contributed by atoms with Crippen LogP contribution in [-0.2, 0) is 4.79 Å². The third-order valence-electron chi connectivity index (χ3n) is 4.69. The van der Waals surface area contributed by atoms with Gasteiger partial charge in [-0.05, 0) is 25.3 Å². The summed E-state index contributed by atoms with van der Waals surface area (Å²) in [6.45, 7) is 3.95. The molecule has 0 aromatic rings. The van der Waals surface area contributed by atoms with E-state index >= 15 is 0 Å². The monoisotopic (exact) mass is 341 g/mol. The number of allylic oxidation sites excluding steroid dienone is 1. The van der Waals surface area contributed by atoms with Crippen molar-refractivity contribution in [3.05, 3.63) is 11.6 Å². The zero-order valence-electron chi connectivity index (χ0n) is 15.9. The van der Waals surface area contributed by atoms with E-state index < -0.39 is 11.7 Å². The van der Waals surface area contributed by atoms with E-state index in [2.05, 4.69) is 6.92 Å². The number of rotatable bonds is 16. The van der Waals surface area contributed by atoms with Crippen LogP contribution in [-0.4, -0.2) is 21.9 Å². The lowest BCUT2D eigenvalue weighted by Gasteiger charge is -2.21. The lowest BCUT2D eigenvalue weighted by atomic mass is 9.97. The van der Waals surface area contributed by atoms with Gasteiger partial charge in [0.2, 0.25) is 0 Å². The zero-order chi connectivity index (χ0) is 18.3. The number of amides is 1. The Bertz CT molecular complexity index is 351. The van der Waals surface area contributed by atoms with Crippen LogP contribution in [0, 0.1) is 0 Å². The highest BCUT2D eigenvalue weighted by Gasteiger charge is 2.34. The number of carbonyl (C=O) groups is 1. The molecule has 0 heterocycles. The summed E-state index contributed by atoms with van der Waals surface area (Å²) in [4.78, 5) is 11.0. The quantitative estimate of drug-likeness (QED) is 0.218. The van der Waals surface area contributed by atoms with Crippen molar-refractivity contribution in [2.45, 2.75) is 110 Å². The van der Waals surface area contributed by atoms with Crippen LogP contribution in [0.15, 0.2) is 11.6 Å². The van der Waals surface area contributed by atoms with E-state index in [0.717, 1.165) is 19.3 Å². The summed E-state index contributed by atoms with van der Waals surface area (Å²) >= 11 is 0. The van der Waals surface area contributed by atoms with E-state index in [1.54, 1.807) is 13.0 Å². The van der Waals surface area contributed by atoms with E-state index in [1.165, 1.54) is 64.2 Å². The summed E-state index contributed by atoms with van der Waals surface area (Å²) in [5.41, 5.74) is 5.31. The van der Waals surface area contributed by atoms with E-state index in [1.807, 2.05) is 0 Å². The molecule has 4 nitrogen and oxygen atoms in total. The van der Waals surface area contributed by atoms with Crippen LogP contribution < -0.4 is 5.73 Å². The van der Waals surface area contributed by atoms with Crippen LogP contribution in [0.2, 0.25) is 0 Å². The molecular weight excluding hydrogens is 302 g/mol. The van der Waals surface area contributed by atoms with Gasteiger partial charge < -0.3 is 15.9 Å². The van der Waals surface area contributed by atoms with Crippen molar-refractivity contribution in [2.75, 3.05) is 0 Å². The molecule has 0 aliphatic heterocycles. The summed E-state index contributed by atoms with van der Waals surface area (Å²) in [5, 5.41) is 19.3. The van der Waals surface area contributed by atoms with E-state index in [-0.39, 0.29) is 0 Å². The van der Waals surface area contributed by atoms with Crippen molar-refractivity contribution in [1.82, 2.24) is 0 Å². The van der Waals surface area contributed by atoms with Gasteiger partial charge in [-0.3, -0.25) is 4.79 Å². The van der Waals surface area contributed by atoms with Crippen molar-refractivity contribution >= 4 is 5.91 Å². The summed E-state index contributed by atoms with van der Waals surface area (Å²) in [7, 11) is 0. The van der Waals surface area contributed by atoms with Crippen LogP contribution >= 0.6 is 0 Å². The van der Waals surface area contributed by atoms with Gasteiger partial charge in [0.1, 0.15) is 0 Å². The standard InChI is InChI=1S/C20H39NO3/c1-3-5-6-7-8-9-10-11-12-13-14-15-16-17-18(4-2)20(23,24)19(21)22/h4,23-24H,3,5-17H2,1-2H3,(H2,21,22)/b18-4+. The molecule has 142 valence electrons. The second-order valence-corrected chi connectivity index (χ2v) is 6.84. The Hall–Kier alpha value is -0.870. The van der Waals surface area contributed by atoms with Crippen LogP contribution in [0.1, 0.15) is 104 Å². The fraction of sp³-hybridized carbons (Fsp3) is 0.850. The van der Waals surface area contributed by atoms with Crippen LogP contribution in [0.3, 0.4) is 0 Å². The number of carbonyl (C=O) groups excluding carboxylic acids is 1. The van der Waals surface area contributed by atoms with Gasteiger partial charge in [-0.15, -0.1) is 0 Å². The third-order valence-corrected chi connectivity index (χ3v) is 4.69. The lowest BCUT2D eigenvalue weighted by Crippen LogP contribution is -2.45. The van der Waals surface area contributed by atoms with Crippen molar-refractivity contribution in [1.29, 1.82) is 0 Å². The normalized spacial score (nSPS) is 12.6. The Morgan fingerprint density at radius 2 is 1.21 bits per heavy atom. The molecule has 4 N–H and O–H groups in total. The van der Waals surface area contributed by atoms with Gasteiger partial charge >= 0.3 is 0 Å². The van der Waals surface area contributed by atoms with Crippen LogP contribution in [0.5, 0.6) is 0 Å². The Balaban J connectivity index is 3.49. The van der Waals surface area contributed by atoms with Crippen molar-refractivity contribution in [3.8, 4) is 0 Å². The second kappa shape index (κ2) is 14.5. The maximum absolute atomic E-state index is 11.0. The maximum atomic E-state index is 11.0. The number of primary amides is 1. The lowest BCUT2D eigenvalue weighted by molar-refractivity contribution is -0.168. The predicted molar refractivity (Wildman–Crippen MR) is 100 cm³/mol. The number of nitrogens with two attached hydrogens (primary N) is 1. The molecule has 0 saturated carbocycles. The zero-order valence-corrected chi connectivity index (χ0v) is 15.9. The Labute approximate surface area is 148 Å². The molecule has 0 aromatic heterocycles. The molecule has 0 unspecified atom stereocenters. The molecule has 0 fully saturated rings. The molecule has 0 radical (unpaired) electrons. The highest BCUT2D eigenvalue weighted by Crippen LogP contribution is 2.21. The summed E-state index contributed by atoms with van der Waals surface area (Å²) < 4.78 is 0. The van der Waals surface area contributed by atoms with Gasteiger partial charge in [-0.2, -0.15) is 0 Å². The molecular formula is C20H39NO3. The molecule has 1 amide bonds. The Morgan fingerprint density at radius 1 is 0.833 bits per heavy atom. The SMILES string of the molecule is C/C=C(\CCCCCCCCCCCCCCC)C(O)(O)C(N)=O. The number of aliphatic hydroxyl groups is 2. The number of hydrogen-bond acceptors (Lipinski definition) is 3. The number of unbranched alkanes of at least 4 members (excludes halogenated alkanes) is 12. The Morgan fingerprint density at radius 3 is 1.54 bits per heavy atom. The maximum Gasteiger partial charge on any atom is 0.282 e. The molecule has 0 saturated heterocycles. The smallest absolute Gasteiger partial charge is 0.282 e. The van der Waals surface area contributed by atoms with Crippen LogP contribution in [0.25, 0.3) is 0 Å². The molecule has 0 atom stereocenters. The second-order valence-electron chi connectivity index (χ2n) is 6.84. The predicted octanol–water partition coefficient (Wildman–Crippen LogP) is 4.58. The molecule has 0 aromatic carbocycles. The summed E-state index contributed by atoms with van der Waals surface area (Å²) in [6, 6.07) is 0. The minimum atomic E-state index is -2.49. The van der Waals surface area contributed by atoms with Gasteiger partial charge in [-0.25, -0.2) is 0 Å². The first-order valence-electron chi connectivity index (χ1n) is 9.87. The van der Waals surface area contributed by atoms with Crippen molar-refractivity contribution in [2.24, 2.45) is 5.73 Å². The minimum Gasteiger partial charge on any atom is -0.365 e. The average Bonchev–Trinajstić information content (AvgIpc) is 2.55. The highest BCUT2D eigenvalue weighted by molar-refractivity contribution is 5.84. The Kier molecular flexibility index (Phi) is 13.9. The first-order valence-corrected chi connectivity index (χ1v) is 9.87. The third kappa shape index (κ3) is 10.8. The van der Waals surface area contributed by atoms with Gasteiger partial charge in [0.15, 0.2) is 0 Å². The van der Waals surface area contributed by atoms with E-state index in [4.69, 9.17) is 5.73 Å². The molecule has 0 spiro atoms. The molecule has 0 rings (SSSR count). The fourth-order valence-electron chi connectivity index (χ4n) is 3.01. The first-order chi connectivity index (χ1) is 11.5. The van der Waals surface area contributed by atoms with E-state index in [0.29, 0.717) is 12.0 Å². The largest absolute Gasteiger partial charge is 0.365 e. The molecule has 0 aliphatic carbocycles. The topological polar surface area (TPSA) is 83.6 Å². The molecule has 24 heavy (non-hydrogen) atoms. The van der Waals surface area contributed by atoms with Gasteiger partial charge in [-0.1, -0.05) is 90.0 Å². The van der Waals surface area contributed by atoms with Crippen molar-refractivity contribution in [3.63, 3.8) is 0 Å². The fourth-order valence-corrected chi connectivity index (χ4v) is 3.01. The molecule has 4 heteroatoms. The van der Waals surface area contributed by atoms with Crippen molar-refractivity contribution < 1.29 is 15.0 Å². The number of hydrogen-bond donors (Lipinski definition) is 3. The minimum absolute atomic E-state index is 0.304.